The van der Waals surface area contributed by atoms with Crippen molar-refractivity contribution in [2.75, 3.05) is 6.54 Å². The molecule has 0 unspecified atom stereocenters. The fourth-order valence-electron chi connectivity index (χ4n) is 2.81. The zero-order valence-electron chi connectivity index (χ0n) is 11.2. The number of rotatable bonds is 3. The Labute approximate surface area is 118 Å². The molecule has 102 valence electrons. The molecule has 20 heavy (non-hydrogen) atoms. The molecular formula is C17H17NO2. The highest BCUT2D eigenvalue weighted by atomic mass is 16.4. The van der Waals surface area contributed by atoms with E-state index >= 15 is 0 Å². The lowest BCUT2D eigenvalue weighted by molar-refractivity contribution is 0.0697. The molecule has 2 aromatic carbocycles. The van der Waals surface area contributed by atoms with Crippen molar-refractivity contribution in [3.05, 3.63) is 59.7 Å². The van der Waals surface area contributed by atoms with Crippen molar-refractivity contribution in [3.63, 3.8) is 0 Å². The van der Waals surface area contributed by atoms with Crippen LogP contribution in [0.15, 0.2) is 48.5 Å². The number of aromatic carboxylic acids is 1. The third-order valence-corrected chi connectivity index (χ3v) is 3.82. The smallest absolute Gasteiger partial charge is 0.336 e. The Morgan fingerprint density at radius 1 is 1.15 bits per heavy atom. The van der Waals surface area contributed by atoms with Crippen LogP contribution in [0.5, 0.6) is 0 Å². The molecule has 0 radical (unpaired) electrons. The summed E-state index contributed by atoms with van der Waals surface area (Å²) in [5.41, 5.74) is 3.33. The summed E-state index contributed by atoms with van der Waals surface area (Å²) >= 11 is 0. The monoisotopic (exact) mass is 267 g/mol. The quantitative estimate of drug-likeness (QED) is 0.895. The number of carboxylic acids is 1. The van der Waals surface area contributed by atoms with Crippen LogP contribution >= 0.6 is 0 Å². The van der Waals surface area contributed by atoms with E-state index in [2.05, 4.69) is 17.4 Å². The summed E-state index contributed by atoms with van der Waals surface area (Å²) in [6.45, 7) is 1.06. The Morgan fingerprint density at radius 2 is 2.00 bits per heavy atom. The van der Waals surface area contributed by atoms with E-state index in [1.54, 1.807) is 12.1 Å². The predicted molar refractivity (Wildman–Crippen MR) is 78.8 cm³/mol. The van der Waals surface area contributed by atoms with Crippen LogP contribution in [0, 0.1) is 0 Å². The van der Waals surface area contributed by atoms with Gasteiger partial charge in [-0.1, -0.05) is 36.4 Å². The van der Waals surface area contributed by atoms with Crippen molar-refractivity contribution in [3.8, 4) is 11.1 Å². The van der Waals surface area contributed by atoms with E-state index in [1.807, 2.05) is 24.3 Å². The first-order valence-electron chi connectivity index (χ1n) is 6.92. The van der Waals surface area contributed by atoms with Crippen LogP contribution < -0.4 is 5.32 Å². The highest BCUT2D eigenvalue weighted by Gasteiger charge is 2.17. The Bertz CT molecular complexity index is 630. The van der Waals surface area contributed by atoms with Gasteiger partial charge in [0.05, 0.1) is 5.56 Å². The Morgan fingerprint density at radius 3 is 2.75 bits per heavy atom. The molecule has 2 N–H and O–H groups in total. The van der Waals surface area contributed by atoms with Gasteiger partial charge in [0.15, 0.2) is 0 Å². The van der Waals surface area contributed by atoms with Crippen LogP contribution in [0.1, 0.15) is 34.8 Å². The molecule has 1 atom stereocenters. The molecule has 1 aliphatic rings. The second-order valence-corrected chi connectivity index (χ2v) is 5.13. The second kappa shape index (κ2) is 5.47. The number of carbonyl (C=O) groups is 1. The van der Waals surface area contributed by atoms with Gasteiger partial charge in [-0.2, -0.15) is 0 Å². The van der Waals surface area contributed by atoms with Gasteiger partial charge in [0, 0.05) is 6.04 Å². The van der Waals surface area contributed by atoms with Gasteiger partial charge in [-0.05, 0) is 48.2 Å². The van der Waals surface area contributed by atoms with Gasteiger partial charge < -0.3 is 10.4 Å². The molecule has 0 aliphatic carbocycles. The summed E-state index contributed by atoms with van der Waals surface area (Å²) in [6.07, 6.45) is 2.34. The SMILES string of the molecule is O=C(O)c1ccccc1-c1cccc([C@H]2CCCN2)c1. The van der Waals surface area contributed by atoms with E-state index in [0.717, 1.165) is 24.1 Å². The molecule has 3 nitrogen and oxygen atoms in total. The summed E-state index contributed by atoms with van der Waals surface area (Å²) in [5, 5.41) is 12.8. The van der Waals surface area contributed by atoms with Crippen LogP contribution in [0.2, 0.25) is 0 Å². The van der Waals surface area contributed by atoms with Crippen molar-refractivity contribution in [2.45, 2.75) is 18.9 Å². The van der Waals surface area contributed by atoms with Gasteiger partial charge in [-0.15, -0.1) is 0 Å². The molecule has 1 fully saturated rings. The number of nitrogens with one attached hydrogen (secondary N) is 1. The largest absolute Gasteiger partial charge is 0.478 e. The molecule has 1 heterocycles. The minimum atomic E-state index is -0.884. The highest BCUT2D eigenvalue weighted by molar-refractivity contribution is 5.96. The van der Waals surface area contributed by atoms with Crippen LogP contribution in [0.25, 0.3) is 11.1 Å². The van der Waals surface area contributed by atoms with Crippen molar-refractivity contribution in [1.29, 1.82) is 0 Å². The molecule has 0 spiro atoms. The van der Waals surface area contributed by atoms with Crippen molar-refractivity contribution < 1.29 is 9.90 Å². The van der Waals surface area contributed by atoms with E-state index in [1.165, 1.54) is 12.0 Å². The molecule has 0 saturated carbocycles. The lowest BCUT2D eigenvalue weighted by atomic mass is 9.95. The van der Waals surface area contributed by atoms with Crippen LogP contribution in [0.4, 0.5) is 0 Å². The van der Waals surface area contributed by atoms with Crippen LogP contribution in [0.3, 0.4) is 0 Å². The zero-order chi connectivity index (χ0) is 13.9. The van der Waals surface area contributed by atoms with E-state index in [4.69, 9.17) is 0 Å². The van der Waals surface area contributed by atoms with Gasteiger partial charge in [0.1, 0.15) is 0 Å². The van der Waals surface area contributed by atoms with E-state index in [-0.39, 0.29) is 0 Å². The van der Waals surface area contributed by atoms with Crippen molar-refractivity contribution >= 4 is 5.97 Å². The Balaban J connectivity index is 2.02. The first-order chi connectivity index (χ1) is 9.75. The van der Waals surface area contributed by atoms with Crippen molar-refractivity contribution in [2.24, 2.45) is 0 Å². The topological polar surface area (TPSA) is 49.3 Å². The van der Waals surface area contributed by atoms with Gasteiger partial charge in [0.2, 0.25) is 0 Å². The van der Waals surface area contributed by atoms with Crippen molar-refractivity contribution in [1.82, 2.24) is 5.32 Å². The molecule has 0 aromatic heterocycles. The zero-order valence-corrected chi connectivity index (χ0v) is 11.2. The third-order valence-electron chi connectivity index (χ3n) is 3.82. The highest BCUT2D eigenvalue weighted by Crippen LogP contribution is 2.29. The first-order valence-corrected chi connectivity index (χ1v) is 6.92. The lowest BCUT2D eigenvalue weighted by Crippen LogP contribution is -2.12. The molecule has 0 amide bonds. The fraction of sp³-hybridized carbons (Fsp3) is 0.235. The molecule has 3 rings (SSSR count). The van der Waals surface area contributed by atoms with E-state index < -0.39 is 5.97 Å². The summed E-state index contributed by atoms with van der Waals surface area (Å²) in [7, 11) is 0. The Kier molecular flexibility index (Phi) is 3.52. The maximum atomic E-state index is 11.3. The fourth-order valence-corrected chi connectivity index (χ4v) is 2.81. The predicted octanol–water partition coefficient (Wildman–Crippen LogP) is 3.48. The Hall–Kier alpha value is -2.13. The first kappa shape index (κ1) is 12.9. The lowest BCUT2D eigenvalue weighted by Gasteiger charge is -2.13. The molecule has 0 bridgehead atoms. The number of hydrogen-bond acceptors (Lipinski definition) is 2. The standard InChI is InChI=1S/C17H17NO2/c19-17(20)15-8-2-1-7-14(15)12-5-3-6-13(11-12)16-9-4-10-18-16/h1-3,5-8,11,16,18H,4,9-10H2,(H,19,20)/t16-/m1/s1. The average molecular weight is 267 g/mol. The van der Waals surface area contributed by atoms with Gasteiger partial charge in [0.25, 0.3) is 0 Å². The summed E-state index contributed by atoms with van der Waals surface area (Å²) in [4.78, 5) is 11.3. The van der Waals surface area contributed by atoms with E-state index in [9.17, 15) is 9.90 Å². The molecule has 3 heteroatoms. The van der Waals surface area contributed by atoms with Gasteiger partial charge in [-0.3, -0.25) is 0 Å². The third kappa shape index (κ3) is 2.45. The number of hydrogen-bond donors (Lipinski definition) is 2. The number of benzene rings is 2. The molecule has 1 saturated heterocycles. The average Bonchev–Trinajstić information content (AvgIpc) is 3.01. The maximum Gasteiger partial charge on any atom is 0.336 e. The maximum absolute atomic E-state index is 11.3. The van der Waals surface area contributed by atoms with Gasteiger partial charge >= 0.3 is 5.97 Å². The molecular weight excluding hydrogens is 250 g/mol. The minimum Gasteiger partial charge on any atom is -0.478 e. The molecule has 2 aromatic rings. The van der Waals surface area contributed by atoms with Gasteiger partial charge in [-0.25, -0.2) is 4.79 Å². The van der Waals surface area contributed by atoms with Crippen LogP contribution in [-0.4, -0.2) is 17.6 Å². The number of carboxylic acid groups (broad SMARTS) is 1. The second-order valence-electron chi connectivity index (χ2n) is 5.13. The summed E-state index contributed by atoms with van der Waals surface area (Å²) < 4.78 is 0. The summed E-state index contributed by atoms with van der Waals surface area (Å²) in [5.74, 6) is -0.884. The normalized spacial score (nSPS) is 18.1. The minimum absolute atomic E-state index is 0.351. The van der Waals surface area contributed by atoms with Crippen LogP contribution in [-0.2, 0) is 0 Å². The van der Waals surface area contributed by atoms with E-state index in [0.29, 0.717) is 11.6 Å². The molecule has 1 aliphatic heterocycles. The summed E-state index contributed by atoms with van der Waals surface area (Å²) in [6, 6.07) is 15.7.